The van der Waals surface area contributed by atoms with Crippen molar-refractivity contribution in [2.45, 2.75) is 46.5 Å². The lowest BCUT2D eigenvalue weighted by Gasteiger charge is -2.34. The molecule has 1 heterocycles. The predicted molar refractivity (Wildman–Crippen MR) is 74.5 cm³/mol. The molecule has 4 heteroatoms. The van der Waals surface area contributed by atoms with Gasteiger partial charge in [0, 0.05) is 12.5 Å². The number of hydrogen-bond acceptors (Lipinski definition) is 2. The maximum atomic E-state index is 11.9. The number of rotatable bonds is 5. The summed E-state index contributed by atoms with van der Waals surface area (Å²) in [6, 6.07) is 0. The first-order chi connectivity index (χ1) is 7.61. The molecule has 1 rings (SSSR count). The Morgan fingerprint density at radius 2 is 1.82 bits per heavy atom. The van der Waals surface area contributed by atoms with Gasteiger partial charge in [-0.2, -0.15) is 0 Å². The summed E-state index contributed by atoms with van der Waals surface area (Å²) in [5, 5.41) is 6.49. The maximum absolute atomic E-state index is 11.9. The largest absolute Gasteiger partial charge is 0.355 e. The normalized spacial score (nSPS) is 18.6. The van der Waals surface area contributed by atoms with E-state index < -0.39 is 0 Å². The summed E-state index contributed by atoms with van der Waals surface area (Å²) >= 11 is 0. The molecule has 0 aromatic heterocycles. The average molecular weight is 263 g/mol. The fourth-order valence-electron chi connectivity index (χ4n) is 2.31. The standard InChI is InChI=1S/C13H26N2O.ClH/c1-4-11(5-2)12(16)15-10-13(3)6-8-14-9-7-13;/h11,14H,4-10H2,1-3H3,(H,15,16);1H. The van der Waals surface area contributed by atoms with Gasteiger partial charge in [-0.15, -0.1) is 12.4 Å². The minimum Gasteiger partial charge on any atom is -0.355 e. The minimum atomic E-state index is 0. The average Bonchev–Trinajstić information content (AvgIpc) is 2.29. The van der Waals surface area contributed by atoms with Crippen molar-refractivity contribution in [2.75, 3.05) is 19.6 Å². The number of amides is 1. The van der Waals surface area contributed by atoms with Gasteiger partial charge in [0.25, 0.3) is 0 Å². The van der Waals surface area contributed by atoms with E-state index in [0.29, 0.717) is 5.41 Å². The Labute approximate surface area is 112 Å². The molecular weight excluding hydrogens is 236 g/mol. The summed E-state index contributed by atoms with van der Waals surface area (Å²) in [6.45, 7) is 9.44. The van der Waals surface area contributed by atoms with Crippen molar-refractivity contribution < 1.29 is 4.79 Å². The fourth-order valence-corrected chi connectivity index (χ4v) is 2.31. The molecule has 102 valence electrons. The Morgan fingerprint density at radius 1 is 1.29 bits per heavy atom. The molecule has 0 aromatic rings. The lowest BCUT2D eigenvalue weighted by atomic mass is 9.81. The molecule has 0 saturated carbocycles. The third-order valence-electron chi connectivity index (χ3n) is 3.86. The van der Waals surface area contributed by atoms with Crippen LogP contribution < -0.4 is 10.6 Å². The van der Waals surface area contributed by atoms with Gasteiger partial charge in [-0.05, 0) is 44.2 Å². The Bertz CT molecular complexity index is 223. The van der Waals surface area contributed by atoms with E-state index in [2.05, 4.69) is 31.4 Å². The lowest BCUT2D eigenvalue weighted by Crippen LogP contribution is -2.44. The molecule has 1 aliphatic rings. The monoisotopic (exact) mass is 262 g/mol. The van der Waals surface area contributed by atoms with Crippen LogP contribution in [0.4, 0.5) is 0 Å². The molecule has 2 N–H and O–H groups in total. The van der Waals surface area contributed by atoms with Crippen molar-refractivity contribution in [3.8, 4) is 0 Å². The highest BCUT2D eigenvalue weighted by Gasteiger charge is 2.27. The first-order valence-corrected chi connectivity index (χ1v) is 6.59. The van der Waals surface area contributed by atoms with E-state index >= 15 is 0 Å². The molecular formula is C13H27ClN2O. The van der Waals surface area contributed by atoms with Crippen molar-refractivity contribution in [1.82, 2.24) is 10.6 Å². The molecule has 3 nitrogen and oxygen atoms in total. The third kappa shape index (κ3) is 5.26. The number of carbonyl (C=O) groups is 1. The predicted octanol–water partition coefficient (Wildman–Crippen LogP) is 2.35. The summed E-state index contributed by atoms with van der Waals surface area (Å²) < 4.78 is 0. The lowest BCUT2D eigenvalue weighted by molar-refractivity contribution is -0.125. The summed E-state index contributed by atoms with van der Waals surface area (Å²) in [6.07, 6.45) is 4.22. The van der Waals surface area contributed by atoms with Crippen molar-refractivity contribution >= 4 is 18.3 Å². The van der Waals surface area contributed by atoms with Gasteiger partial charge in [-0.25, -0.2) is 0 Å². The van der Waals surface area contributed by atoms with Crippen LogP contribution in [0.3, 0.4) is 0 Å². The molecule has 0 spiro atoms. The number of hydrogen-bond donors (Lipinski definition) is 2. The molecule has 1 amide bonds. The van der Waals surface area contributed by atoms with Crippen LogP contribution in [0.5, 0.6) is 0 Å². The van der Waals surface area contributed by atoms with E-state index in [1.54, 1.807) is 0 Å². The second kappa shape index (κ2) is 7.93. The highest BCUT2D eigenvalue weighted by Crippen LogP contribution is 2.26. The van der Waals surface area contributed by atoms with Crippen LogP contribution >= 0.6 is 12.4 Å². The van der Waals surface area contributed by atoms with Crippen LogP contribution in [0.2, 0.25) is 0 Å². The molecule has 0 radical (unpaired) electrons. The number of piperidine rings is 1. The molecule has 1 aliphatic heterocycles. The van der Waals surface area contributed by atoms with E-state index in [9.17, 15) is 4.79 Å². The van der Waals surface area contributed by atoms with Crippen molar-refractivity contribution in [3.63, 3.8) is 0 Å². The third-order valence-corrected chi connectivity index (χ3v) is 3.86. The Kier molecular flexibility index (Phi) is 7.80. The zero-order valence-corrected chi connectivity index (χ0v) is 12.2. The molecule has 17 heavy (non-hydrogen) atoms. The molecule has 1 saturated heterocycles. The second-order valence-corrected chi connectivity index (χ2v) is 5.29. The van der Waals surface area contributed by atoms with Crippen molar-refractivity contribution in [2.24, 2.45) is 11.3 Å². The van der Waals surface area contributed by atoms with E-state index in [1.165, 1.54) is 0 Å². The first-order valence-electron chi connectivity index (χ1n) is 6.59. The van der Waals surface area contributed by atoms with Crippen LogP contribution in [-0.4, -0.2) is 25.5 Å². The summed E-state index contributed by atoms with van der Waals surface area (Å²) in [5.74, 6) is 0.440. The molecule has 0 atom stereocenters. The molecule has 0 aliphatic carbocycles. The van der Waals surface area contributed by atoms with Gasteiger partial charge in [0.2, 0.25) is 5.91 Å². The van der Waals surface area contributed by atoms with Gasteiger partial charge in [-0.3, -0.25) is 4.79 Å². The highest BCUT2D eigenvalue weighted by molar-refractivity contribution is 5.85. The SMILES string of the molecule is CCC(CC)C(=O)NCC1(C)CCNCC1.Cl. The molecule has 0 aromatic carbocycles. The summed E-state index contributed by atoms with van der Waals surface area (Å²) in [4.78, 5) is 11.9. The minimum absolute atomic E-state index is 0. The van der Waals surface area contributed by atoms with E-state index in [0.717, 1.165) is 45.3 Å². The number of halogens is 1. The number of nitrogens with one attached hydrogen (secondary N) is 2. The molecule has 1 fully saturated rings. The number of carbonyl (C=O) groups excluding carboxylic acids is 1. The van der Waals surface area contributed by atoms with Gasteiger partial charge in [0.05, 0.1) is 0 Å². The Morgan fingerprint density at radius 3 is 2.29 bits per heavy atom. The van der Waals surface area contributed by atoms with E-state index in [4.69, 9.17) is 0 Å². The van der Waals surface area contributed by atoms with Crippen LogP contribution in [0, 0.1) is 11.3 Å². The maximum Gasteiger partial charge on any atom is 0.223 e. The van der Waals surface area contributed by atoms with Crippen LogP contribution in [0.15, 0.2) is 0 Å². The van der Waals surface area contributed by atoms with Gasteiger partial charge in [0.1, 0.15) is 0 Å². The molecule has 0 bridgehead atoms. The van der Waals surface area contributed by atoms with Gasteiger partial charge >= 0.3 is 0 Å². The summed E-state index contributed by atoms with van der Waals surface area (Å²) in [5.41, 5.74) is 0.299. The highest BCUT2D eigenvalue weighted by atomic mass is 35.5. The molecule has 0 unspecified atom stereocenters. The van der Waals surface area contributed by atoms with Crippen molar-refractivity contribution in [3.05, 3.63) is 0 Å². The van der Waals surface area contributed by atoms with Gasteiger partial charge in [-0.1, -0.05) is 20.8 Å². The van der Waals surface area contributed by atoms with Gasteiger partial charge in [0.15, 0.2) is 0 Å². The Balaban J connectivity index is 0.00000256. The van der Waals surface area contributed by atoms with Crippen LogP contribution in [-0.2, 0) is 4.79 Å². The van der Waals surface area contributed by atoms with Crippen LogP contribution in [0.1, 0.15) is 46.5 Å². The van der Waals surface area contributed by atoms with E-state index in [1.807, 2.05) is 0 Å². The smallest absolute Gasteiger partial charge is 0.223 e. The zero-order chi connectivity index (χ0) is 12.0. The zero-order valence-electron chi connectivity index (χ0n) is 11.3. The topological polar surface area (TPSA) is 41.1 Å². The Hall–Kier alpha value is -0.280. The quantitative estimate of drug-likeness (QED) is 0.799. The van der Waals surface area contributed by atoms with Gasteiger partial charge < -0.3 is 10.6 Å². The fraction of sp³-hybridized carbons (Fsp3) is 0.923. The summed E-state index contributed by atoms with van der Waals surface area (Å²) in [7, 11) is 0. The second-order valence-electron chi connectivity index (χ2n) is 5.29. The van der Waals surface area contributed by atoms with Crippen LogP contribution in [0.25, 0.3) is 0 Å². The van der Waals surface area contributed by atoms with E-state index in [-0.39, 0.29) is 24.2 Å². The first kappa shape index (κ1) is 16.7. The van der Waals surface area contributed by atoms with Crippen molar-refractivity contribution in [1.29, 1.82) is 0 Å².